The lowest BCUT2D eigenvalue weighted by Gasteiger charge is -2.35. The van der Waals surface area contributed by atoms with E-state index in [2.05, 4.69) is 15.9 Å². The molecule has 2 amide bonds. The van der Waals surface area contributed by atoms with E-state index in [4.69, 9.17) is 16.3 Å². The van der Waals surface area contributed by atoms with Gasteiger partial charge in [-0.25, -0.2) is 4.90 Å². The zero-order valence-electron chi connectivity index (χ0n) is 19.1. The molecule has 3 aromatic rings. The second-order valence-electron chi connectivity index (χ2n) is 9.03. The molecule has 3 heterocycles. The van der Waals surface area contributed by atoms with E-state index in [0.717, 1.165) is 11.1 Å². The second-order valence-corrected chi connectivity index (χ2v) is 10.3. The van der Waals surface area contributed by atoms with Crippen LogP contribution in [0, 0.1) is 11.8 Å². The maximum Gasteiger partial charge on any atom is 0.240 e. The van der Waals surface area contributed by atoms with Crippen molar-refractivity contribution in [3.63, 3.8) is 0 Å². The number of amides is 2. The fourth-order valence-corrected chi connectivity index (χ4v) is 6.36. The molecule has 0 unspecified atom stereocenters. The first-order valence-electron chi connectivity index (χ1n) is 11.5. The Balaban J connectivity index is 1.48. The monoisotopic (exact) mass is 562 g/mol. The van der Waals surface area contributed by atoms with Crippen LogP contribution in [0.3, 0.4) is 0 Å². The maximum atomic E-state index is 14.0. The van der Waals surface area contributed by atoms with Gasteiger partial charge in [0.15, 0.2) is 5.78 Å². The molecule has 6 nitrogen and oxygen atoms in total. The van der Waals surface area contributed by atoms with Crippen LogP contribution in [0.1, 0.15) is 27.5 Å². The number of carbonyl (C=O) groups is 3. The summed E-state index contributed by atoms with van der Waals surface area (Å²) in [4.78, 5) is 44.9. The predicted molar refractivity (Wildman–Crippen MR) is 140 cm³/mol. The van der Waals surface area contributed by atoms with Gasteiger partial charge in [-0.2, -0.15) is 0 Å². The van der Waals surface area contributed by atoms with Gasteiger partial charge in [-0.05, 0) is 75.6 Å². The molecule has 0 aromatic heterocycles. The first kappa shape index (κ1) is 23.0. The van der Waals surface area contributed by atoms with Crippen molar-refractivity contribution in [1.82, 2.24) is 4.90 Å². The molecule has 3 aromatic carbocycles. The van der Waals surface area contributed by atoms with Gasteiger partial charge in [0.05, 0.1) is 35.1 Å². The molecule has 0 N–H and O–H groups in total. The molecule has 4 atom stereocenters. The summed E-state index contributed by atoms with van der Waals surface area (Å²) in [5.41, 5.74) is 2.79. The van der Waals surface area contributed by atoms with Gasteiger partial charge in [-0.3, -0.25) is 14.4 Å². The van der Waals surface area contributed by atoms with Crippen molar-refractivity contribution in [2.75, 3.05) is 12.0 Å². The average Bonchev–Trinajstić information content (AvgIpc) is 3.36. The lowest BCUT2D eigenvalue weighted by molar-refractivity contribution is -0.123. The maximum absolute atomic E-state index is 14.0. The number of imide groups is 1. The van der Waals surface area contributed by atoms with Gasteiger partial charge in [0, 0.05) is 16.8 Å². The summed E-state index contributed by atoms with van der Waals surface area (Å²) in [5, 5.41) is 0.508. The van der Waals surface area contributed by atoms with Crippen molar-refractivity contribution in [3.05, 3.63) is 99.1 Å². The Morgan fingerprint density at radius 1 is 0.972 bits per heavy atom. The van der Waals surface area contributed by atoms with Crippen LogP contribution < -0.4 is 9.64 Å². The van der Waals surface area contributed by atoms with Crippen LogP contribution in [-0.4, -0.2) is 35.6 Å². The Kier molecular flexibility index (Phi) is 5.50. The Hall–Kier alpha value is -3.42. The normalized spacial score (nSPS) is 24.0. The minimum Gasteiger partial charge on any atom is -0.496 e. The number of anilines is 1. The third kappa shape index (κ3) is 3.33. The molecular weight excluding hydrogens is 544 g/mol. The first-order valence-corrected chi connectivity index (χ1v) is 12.6. The fraction of sp³-hybridized carbons (Fsp3) is 0.179. The highest BCUT2D eigenvalue weighted by Gasteiger charge is 2.64. The zero-order chi connectivity index (χ0) is 25.1. The number of benzene rings is 3. The number of hydrogen-bond acceptors (Lipinski definition) is 5. The van der Waals surface area contributed by atoms with Crippen molar-refractivity contribution in [2.45, 2.75) is 12.1 Å². The number of ether oxygens (including phenoxy) is 1. The van der Waals surface area contributed by atoms with E-state index >= 15 is 0 Å². The molecule has 0 saturated carbocycles. The van der Waals surface area contributed by atoms with Gasteiger partial charge < -0.3 is 9.64 Å². The largest absolute Gasteiger partial charge is 0.496 e. The van der Waals surface area contributed by atoms with Gasteiger partial charge >= 0.3 is 0 Å². The number of halogens is 2. The smallest absolute Gasteiger partial charge is 0.240 e. The van der Waals surface area contributed by atoms with E-state index in [1.165, 1.54) is 4.90 Å². The van der Waals surface area contributed by atoms with Crippen molar-refractivity contribution in [3.8, 4) is 5.75 Å². The summed E-state index contributed by atoms with van der Waals surface area (Å²) in [6.07, 6.45) is 3.78. The second kappa shape index (κ2) is 8.61. The topological polar surface area (TPSA) is 66.9 Å². The predicted octanol–water partition coefficient (Wildman–Crippen LogP) is 5.51. The van der Waals surface area contributed by atoms with Gasteiger partial charge in [-0.15, -0.1) is 0 Å². The molecule has 0 radical (unpaired) electrons. The minimum absolute atomic E-state index is 0.223. The van der Waals surface area contributed by atoms with Crippen molar-refractivity contribution < 1.29 is 19.1 Å². The molecule has 0 spiro atoms. The first-order chi connectivity index (χ1) is 17.4. The molecule has 2 saturated heterocycles. The SMILES string of the molecule is COc1ccc(C(=O)[C@@H]2[C@@H]3C(=O)N(c4ccc(Cl)cc4)C(=O)[C@H]3[C@H]3c4ccccc4C=CN23)cc1Br. The van der Waals surface area contributed by atoms with Crippen LogP contribution in [-0.2, 0) is 9.59 Å². The van der Waals surface area contributed by atoms with Crippen molar-refractivity contribution in [2.24, 2.45) is 11.8 Å². The molecule has 3 aliphatic rings. The Morgan fingerprint density at radius 3 is 2.42 bits per heavy atom. The quantitative estimate of drug-likeness (QED) is 0.309. The molecular formula is C28H20BrClN2O4. The molecule has 8 heteroatoms. The summed E-state index contributed by atoms with van der Waals surface area (Å²) in [6.45, 7) is 0. The van der Waals surface area contributed by atoms with Crippen LogP contribution >= 0.6 is 27.5 Å². The van der Waals surface area contributed by atoms with E-state index in [-0.39, 0.29) is 17.6 Å². The standard InChI is InChI=1S/C28H20BrClN2O4/c1-36-21-11-6-16(14-20(21)29)26(33)25-23-22(24-19-5-3-2-4-15(19)12-13-31(24)25)27(34)32(28(23)35)18-9-7-17(30)8-10-18/h2-14,22-25H,1H3/t22-,23-,24-,25+/m1/s1. The Labute approximate surface area is 221 Å². The molecule has 36 heavy (non-hydrogen) atoms. The number of hydrogen-bond donors (Lipinski definition) is 0. The van der Waals surface area contributed by atoms with Crippen LogP contribution in [0.4, 0.5) is 5.69 Å². The highest BCUT2D eigenvalue weighted by Crippen LogP contribution is 2.53. The Bertz CT molecular complexity index is 1450. The molecule has 0 bridgehead atoms. The lowest BCUT2D eigenvalue weighted by atomic mass is 9.83. The van der Waals surface area contributed by atoms with Gasteiger partial charge in [0.25, 0.3) is 0 Å². The van der Waals surface area contributed by atoms with E-state index in [1.54, 1.807) is 49.6 Å². The molecule has 2 fully saturated rings. The number of carbonyl (C=O) groups excluding carboxylic acids is 3. The van der Waals surface area contributed by atoms with Crippen LogP contribution in [0.5, 0.6) is 5.75 Å². The lowest BCUT2D eigenvalue weighted by Crippen LogP contribution is -2.44. The number of fused-ring (bicyclic) bond motifs is 5. The summed E-state index contributed by atoms with van der Waals surface area (Å²) in [5.74, 6) is -1.84. The van der Waals surface area contributed by atoms with Gasteiger partial charge in [-0.1, -0.05) is 35.9 Å². The third-order valence-electron chi connectivity index (χ3n) is 7.25. The zero-order valence-corrected chi connectivity index (χ0v) is 21.4. The van der Waals surface area contributed by atoms with Crippen molar-refractivity contribution >= 4 is 56.9 Å². The highest BCUT2D eigenvalue weighted by atomic mass is 79.9. The number of rotatable bonds is 4. The van der Waals surface area contributed by atoms with E-state index in [0.29, 0.717) is 26.5 Å². The van der Waals surface area contributed by atoms with E-state index in [1.807, 2.05) is 41.4 Å². The Morgan fingerprint density at radius 2 is 1.69 bits per heavy atom. The molecule has 0 aliphatic carbocycles. The number of nitrogens with zero attached hydrogens (tertiary/aromatic N) is 2. The van der Waals surface area contributed by atoms with Crippen LogP contribution in [0.25, 0.3) is 6.08 Å². The minimum atomic E-state index is -0.835. The molecule has 3 aliphatic heterocycles. The fourth-order valence-electron chi connectivity index (χ4n) is 5.69. The van der Waals surface area contributed by atoms with Gasteiger partial charge in [0.1, 0.15) is 11.8 Å². The number of methoxy groups -OCH3 is 1. The summed E-state index contributed by atoms with van der Waals surface area (Å²) >= 11 is 9.49. The third-order valence-corrected chi connectivity index (χ3v) is 8.12. The summed E-state index contributed by atoms with van der Waals surface area (Å²) in [7, 11) is 1.55. The van der Waals surface area contributed by atoms with Crippen LogP contribution in [0.2, 0.25) is 5.02 Å². The molecule has 6 rings (SSSR count). The van der Waals surface area contributed by atoms with Crippen molar-refractivity contribution in [1.29, 1.82) is 0 Å². The highest BCUT2D eigenvalue weighted by molar-refractivity contribution is 9.10. The molecule has 180 valence electrons. The number of Topliss-reactive ketones (excluding diaryl/α,β-unsaturated/α-hetero) is 1. The average molecular weight is 564 g/mol. The van der Waals surface area contributed by atoms with Gasteiger partial charge in [0.2, 0.25) is 11.8 Å². The van der Waals surface area contributed by atoms with E-state index < -0.39 is 23.9 Å². The van der Waals surface area contributed by atoms with E-state index in [9.17, 15) is 14.4 Å². The summed E-state index contributed by atoms with van der Waals surface area (Å²) in [6, 6.07) is 18.2. The number of ketones is 1. The van der Waals surface area contributed by atoms with Crippen LogP contribution in [0.15, 0.2) is 77.4 Å². The summed E-state index contributed by atoms with van der Waals surface area (Å²) < 4.78 is 5.94.